The molecule has 6 heteroatoms. The number of nitrogen functional groups attached to an aromatic ring is 1. The second kappa shape index (κ2) is 4.40. The number of aryl methyl sites for hydroxylation is 3. The van der Waals surface area contributed by atoms with Crippen LogP contribution in [0.5, 0.6) is 0 Å². The minimum atomic E-state index is 0.273. The van der Waals surface area contributed by atoms with Gasteiger partial charge in [0.2, 0.25) is 5.95 Å². The number of aromatic nitrogens is 4. The van der Waals surface area contributed by atoms with Crippen LogP contribution in [0.1, 0.15) is 18.3 Å². The molecule has 0 bridgehead atoms. The van der Waals surface area contributed by atoms with Crippen LogP contribution in [-0.4, -0.2) is 19.7 Å². The first-order chi connectivity index (χ1) is 8.08. The molecule has 2 heterocycles. The van der Waals surface area contributed by atoms with Crippen molar-refractivity contribution in [2.75, 3.05) is 11.1 Å². The van der Waals surface area contributed by atoms with E-state index in [-0.39, 0.29) is 5.95 Å². The van der Waals surface area contributed by atoms with Crippen LogP contribution >= 0.6 is 0 Å². The van der Waals surface area contributed by atoms with Gasteiger partial charge < -0.3 is 11.1 Å². The summed E-state index contributed by atoms with van der Waals surface area (Å²) in [7, 11) is 1.89. The van der Waals surface area contributed by atoms with Gasteiger partial charge in [0.25, 0.3) is 0 Å². The van der Waals surface area contributed by atoms with Gasteiger partial charge >= 0.3 is 0 Å². The quantitative estimate of drug-likeness (QED) is 0.836. The smallest absolute Gasteiger partial charge is 0.222 e. The van der Waals surface area contributed by atoms with Crippen LogP contribution in [0.25, 0.3) is 0 Å². The molecule has 0 radical (unpaired) electrons. The van der Waals surface area contributed by atoms with Crippen molar-refractivity contribution in [1.82, 2.24) is 19.7 Å². The van der Waals surface area contributed by atoms with E-state index in [9.17, 15) is 0 Å². The Kier molecular flexibility index (Phi) is 2.95. The van der Waals surface area contributed by atoms with Gasteiger partial charge in [0.1, 0.15) is 5.82 Å². The van der Waals surface area contributed by atoms with Gasteiger partial charge in [-0.05, 0) is 13.3 Å². The van der Waals surface area contributed by atoms with Crippen LogP contribution in [0, 0.1) is 6.92 Å². The van der Waals surface area contributed by atoms with Crippen LogP contribution in [0.2, 0.25) is 0 Å². The fourth-order valence-electron chi connectivity index (χ4n) is 1.69. The summed E-state index contributed by atoms with van der Waals surface area (Å²) in [5, 5.41) is 7.56. The molecule has 90 valence electrons. The number of nitrogens with one attached hydrogen (secondary N) is 1. The van der Waals surface area contributed by atoms with Gasteiger partial charge in [-0.2, -0.15) is 10.1 Å². The maximum Gasteiger partial charge on any atom is 0.222 e. The lowest BCUT2D eigenvalue weighted by Gasteiger charge is -2.05. The Balaban J connectivity index is 2.30. The van der Waals surface area contributed by atoms with E-state index in [2.05, 4.69) is 27.3 Å². The first-order valence-corrected chi connectivity index (χ1v) is 5.49. The van der Waals surface area contributed by atoms with Gasteiger partial charge in [-0.25, -0.2) is 4.98 Å². The number of rotatable bonds is 3. The molecule has 0 unspecified atom stereocenters. The van der Waals surface area contributed by atoms with Gasteiger partial charge in [-0.1, -0.05) is 6.92 Å². The molecule has 2 rings (SSSR count). The zero-order chi connectivity index (χ0) is 12.4. The third-order valence-electron chi connectivity index (χ3n) is 2.37. The molecule has 0 spiro atoms. The summed E-state index contributed by atoms with van der Waals surface area (Å²) in [6, 6.07) is 1.85. The highest BCUT2D eigenvalue weighted by atomic mass is 15.3. The third-order valence-corrected chi connectivity index (χ3v) is 2.37. The van der Waals surface area contributed by atoms with Gasteiger partial charge in [0.05, 0.1) is 11.4 Å². The number of hydrogen-bond acceptors (Lipinski definition) is 5. The summed E-state index contributed by atoms with van der Waals surface area (Å²) in [6.45, 7) is 3.94. The van der Waals surface area contributed by atoms with Gasteiger partial charge in [-0.15, -0.1) is 0 Å². The lowest BCUT2D eigenvalue weighted by Crippen LogP contribution is -2.01. The summed E-state index contributed by atoms with van der Waals surface area (Å²) < 4.78 is 1.78. The van der Waals surface area contributed by atoms with Gasteiger partial charge in [-0.3, -0.25) is 4.68 Å². The molecule has 0 aromatic carbocycles. The Morgan fingerprint density at radius 1 is 1.41 bits per heavy atom. The van der Waals surface area contributed by atoms with Crippen molar-refractivity contribution in [2.45, 2.75) is 20.3 Å². The molecule has 2 aromatic heterocycles. The Labute approximate surface area is 99.9 Å². The number of nitrogens with two attached hydrogens (primary N) is 1. The topological polar surface area (TPSA) is 81.7 Å². The minimum absolute atomic E-state index is 0.273. The standard InChI is InChI=1S/C11H16N6/c1-4-8-9(6-17(3)16-8)14-10-5-7(2)13-11(12)15-10/h5-6H,4H2,1-3H3,(H3,12,13,14,15). The fraction of sp³-hybridized carbons (Fsp3) is 0.364. The lowest BCUT2D eigenvalue weighted by atomic mass is 10.3. The van der Waals surface area contributed by atoms with Crippen LogP contribution < -0.4 is 11.1 Å². The predicted octanol–water partition coefficient (Wildman–Crippen LogP) is 1.41. The first kappa shape index (κ1) is 11.4. The molecule has 0 aliphatic heterocycles. The first-order valence-electron chi connectivity index (χ1n) is 5.49. The van der Waals surface area contributed by atoms with Gasteiger partial charge in [0, 0.05) is 25.0 Å². The highest BCUT2D eigenvalue weighted by Crippen LogP contribution is 2.19. The Morgan fingerprint density at radius 2 is 2.18 bits per heavy atom. The molecular formula is C11H16N6. The summed E-state index contributed by atoms with van der Waals surface area (Å²) in [4.78, 5) is 8.16. The zero-order valence-corrected chi connectivity index (χ0v) is 10.2. The van der Waals surface area contributed by atoms with Crippen molar-refractivity contribution in [3.05, 3.63) is 23.7 Å². The third kappa shape index (κ3) is 2.52. The highest BCUT2D eigenvalue weighted by molar-refractivity contribution is 5.59. The number of anilines is 3. The molecule has 0 saturated carbocycles. The molecule has 17 heavy (non-hydrogen) atoms. The molecule has 0 amide bonds. The lowest BCUT2D eigenvalue weighted by molar-refractivity contribution is 0.746. The maximum atomic E-state index is 5.61. The van der Waals surface area contributed by atoms with E-state index in [1.54, 1.807) is 4.68 Å². The summed E-state index contributed by atoms with van der Waals surface area (Å²) >= 11 is 0. The molecule has 6 nitrogen and oxygen atoms in total. The highest BCUT2D eigenvalue weighted by Gasteiger charge is 2.07. The predicted molar refractivity (Wildman–Crippen MR) is 67.1 cm³/mol. The van der Waals surface area contributed by atoms with Crippen molar-refractivity contribution in [3.8, 4) is 0 Å². The Morgan fingerprint density at radius 3 is 2.82 bits per heavy atom. The SMILES string of the molecule is CCc1nn(C)cc1Nc1cc(C)nc(N)n1. The number of hydrogen-bond donors (Lipinski definition) is 2. The molecule has 0 aliphatic rings. The van der Waals surface area contributed by atoms with Crippen LogP contribution in [-0.2, 0) is 13.5 Å². The Bertz CT molecular complexity index is 511. The molecule has 2 aromatic rings. The van der Waals surface area contributed by atoms with E-state index < -0.39 is 0 Å². The monoisotopic (exact) mass is 232 g/mol. The van der Waals surface area contributed by atoms with Crippen LogP contribution in [0.15, 0.2) is 12.3 Å². The van der Waals surface area contributed by atoms with Crippen molar-refractivity contribution < 1.29 is 0 Å². The average Bonchev–Trinajstić information content (AvgIpc) is 2.57. The molecule has 0 saturated heterocycles. The average molecular weight is 232 g/mol. The summed E-state index contributed by atoms with van der Waals surface area (Å²) in [5.74, 6) is 0.965. The van der Waals surface area contributed by atoms with Crippen molar-refractivity contribution in [2.24, 2.45) is 7.05 Å². The van der Waals surface area contributed by atoms with E-state index in [1.165, 1.54) is 0 Å². The largest absolute Gasteiger partial charge is 0.368 e. The fourth-order valence-corrected chi connectivity index (χ4v) is 1.69. The van der Waals surface area contributed by atoms with Crippen molar-refractivity contribution >= 4 is 17.5 Å². The molecule has 0 aliphatic carbocycles. The van der Waals surface area contributed by atoms with Crippen LogP contribution in [0.3, 0.4) is 0 Å². The molecular weight excluding hydrogens is 216 g/mol. The summed E-state index contributed by atoms with van der Waals surface area (Å²) in [5.41, 5.74) is 8.39. The van der Waals surface area contributed by atoms with Gasteiger partial charge in [0.15, 0.2) is 0 Å². The van der Waals surface area contributed by atoms with E-state index >= 15 is 0 Å². The second-order valence-corrected chi connectivity index (χ2v) is 3.89. The maximum absolute atomic E-state index is 5.61. The minimum Gasteiger partial charge on any atom is -0.368 e. The Hall–Kier alpha value is -2.11. The van der Waals surface area contributed by atoms with Crippen molar-refractivity contribution in [1.29, 1.82) is 0 Å². The molecule has 0 fully saturated rings. The molecule has 0 atom stereocenters. The number of nitrogens with zero attached hydrogens (tertiary/aromatic N) is 4. The molecule has 3 N–H and O–H groups in total. The zero-order valence-electron chi connectivity index (χ0n) is 10.2. The second-order valence-electron chi connectivity index (χ2n) is 3.89. The van der Waals surface area contributed by atoms with Crippen LogP contribution in [0.4, 0.5) is 17.5 Å². The van der Waals surface area contributed by atoms with E-state index in [4.69, 9.17) is 5.73 Å². The van der Waals surface area contributed by atoms with E-state index in [0.717, 1.165) is 23.5 Å². The normalized spacial score (nSPS) is 10.5. The van der Waals surface area contributed by atoms with Crippen molar-refractivity contribution in [3.63, 3.8) is 0 Å². The van der Waals surface area contributed by atoms with E-state index in [0.29, 0.717) is 5.82 Å². The van der Waals surface area contributed by atoms with E-state index in [1.807, 2.05) is 26.2 Å². The summed E-state index contributed by atoms with van der Waals surface area (Å²) in [6.07, 6.45) is 2.79.